The highest BCUT2D eigenvalue weighted by Gasteiger charge is 2.12. The van der Waals surface area contributed by atoms with Crippen molar-refractivity contribution in [2.45, 2.75) is 26.3 Å². The largest absolute Gasteiger partial charge is 0.495 e. The van der Waals surface area contributed by atoms with Gasteiger partial charge in [-0.05, 0) is 18.6 Å². The number of para-hydroxylation sites is 2. The third-order valence-corrected chi connectivity index (χ3v) is 3.57. The minimum Gasteiger partial charge on any atom is -0.495 e. The summed E-state index contributed by atoms with van der Waals surface area (Å²) in [6, 6.07) is 6.90. The SMILES string of the molecule is CCCCNC(=O)Cn1ccn(-c2ccccc2OC)c(=O)c1=O. The van der Waals surface area contributed by atoms with Gasteiger partial charge in [0.25, 0.3) is 0 Å². The number of nitrogens with zero attached hydrogens (tertiary/aromatic N) is 2. The zero-order valence-electron chi connectivity index (χ0n) is 13.8. The lowest BCUT2D eigenvalue weighted by molar-refractivity contribution is -0.121. The fourth-order valence-electron chi connectivity index (χ4n) is 2.27. The lowest BCUT2D eigenvalue weighted by Gasteiger charge is -2.12. The van der Waals surface area contributed by atoms with Crippen LogP contribution in [0, 0.1) is 0 Å². The van der Waals surface area contributed by atoms with Crippen molar-refractivity contribution in [3.05, 3.63) is 57.4 Å². The Labute approximate surface area is 139 Å². The third-order valence-electron chi connectivity index (χ3n) is 3.57. The van der Waals surface area contributed by atoms with E-state index in [0.717, 1.165) is 17.4 Å². The fourth-order valence-corrected chi connectivity index (χ4v) is 2.27. The number of methoxy groups -OCH3 is 1. The highest BCUT2D eigenvalue weighted by molar-refractivity contribution is 5.75. The maximum Gasteiger partial charge on any atom is 0.321 e. The predicted octanol–water partition coefficient (Wildman–Crippen LogP) is 0.924. The quantitative estimate of drug-likeness (QED) is 0.604. The van der Waals surface area contributed by atoms with E-state index in [2.05, 4.69) is 5.32 Å². The van der Waals surface area contributed by atoms with Crippen molar-refractivity contribution in [1.29, 1.82) is 0 Å². The predicted molar refractivity (Wildman–Crippen MR) is 90.8 cm³/mol. The van der Waals surface area contributed by atoms with Crippen LogP contribution in [0.2, 0.25) is 0 Å². The van der Waals surface area contributed by atoms with Crippen molar-refractivity contribution >= 4 is 5.91 Å². The number of aromatic nitrogens is 2. The average molecular weight is 331 g/mol. The molecule has 24 heavy (non-hydrogen) atoms. The van der Waals surface area contributed by atoms with E-state index in [1.54, 1.807) is 24.3 Å². The molecule has 1 amide bonds. The number of rotatable bonds is 7. The molecular formula is C17H21N3O4. The van der Waals surface area contributed by atoms with Crippen molar-refractivity contribution in [2.75, 3.05) is 13.7 Å². The number of benzene rings is 1. The fraction of sp³-hybridized carbons (Fsp3) is 0.353. The molecule has 0 saturated carbocycles. The van der Waals surface area contributed by atoms with Crippen LogP contribution in [0.5, 0.6) is 5.75 Å². The van der Waals surface area contributed by atoms with Gasteiger partial charge in [0.05, 0.1) is 12.8 Å². The van der Waals surface area contributed by atoms with E-state index in [1.165, 1.54) is 24.1 Å². The van der Waals surface area contributed by atoms with Crippen LogP contribution in [-0.4, -0.2) is 28.7 Å². The maximum absolute atomic E-state index is 12.3. The maximum atomic E-state index is 12.3. The molecule has 0 fully saturated rings. The Kier molecular flexibility index (Phi) is 5.95. The van der Waals surface area contributed by atoms with Gasteiger partial charge in [0.15, 0.2) is 0 Å². The molecule has 0 bridgehead atoms. The molecule has 0 spiro atoms. The number of unbranched alkanes of at least 4 members (excludes halogenated alkanes) is 1. The second-order valence-corrected chi connectivity index (χ2v) is 5.28. The normalized spacial score (nSPS) is 10.4. The first-order valence-electron chi connectivity index (χ1n) is 7.80. The monoisotopic (exact) mass is 331 g/mol. The molecule has 1 heterocycles. The summed E-state index contributed by atoms with van der Waals surface area (Å²) in [7, 11) is 1.49. The molecule has 2 rings (SSSR count). The van der Waals surface area contributed by atoms with Crippen LogP contribution in [0.3, 0.4) is 0 Å². The number of nitrogens with one attached hydrogen (secondary N) is 1. The number of ether oxygens (including phenoxy) is 1. The summed E-state index contributed by atoms with van der Waals surface area (Å²) in [5.41, 5.74) is -1.01. The minimum absolute atomic E-state index is 0.176. The van der Waals surface area contributed by atoms with E-state index in [-0.39, 0.29) is 12.5 Å². The Morgan fingerprint density at radius 1 is 1.17 bits per heavy atom. The van der Waals surface area contributed by atoms with Crippen LogP contribution in [-0.2, 0) is 11.3 Å². The third kappa shape index (κ3) is 3.92. The summed E-state index contributed by atoms with van der Waals surface area (Å²) in [4.78, 5) is 36.4. The van der Waals surface area contributed by atoms with E-state index in [9.17, 15) is 14.4 Å². The molecule has 0 atom stereocenters. The molecule has 7 heteroatoms. The molecule has 7 nitrogen and oxygen atoms in total. The number of hydrogen-bond donors (Lipinski definition) is 1. The van der Waals surface area contributed by atoms with Gasteiger partial charge in [0, 0.05) is 18.9 Å². The lowest BCUT2D eigenvalue weighted by atomic mass is 10.3. The molecule has 128 valence electrons. The summed E-state index contributed by atoms with van der Waals surface area (Å²) in [6.07, 6.45) is 4.72. The molecule has 0 aliphatic heterocycles. The van der Waals surface area contributed by atoms with Gasteiger partial charge < -0.3 is 10.1 Å². The van der Waals surface area contributed by atoms with Gasteiger partial charge in [-0.15, -0.1) is 0 Å². The Balaban J connectivity index is 2.28. The van der Waals surface area contributed by atoms with E-state index >= 15 is 0 Å². The highest BCUT2D eigenvalue weighted by atomic mass is 16.5. The van der Waals surface area contributed by atoms with Gasteiger partial charge in [-0.2, -0.15) is 0 Å². The summed E-state index contributed by atoms with van der Waals surface area (Å²) in [6.45, 7) is 2.40. The van der Waals surface area contributed by atoms with Gasteiger partial charge >= 0.3 is 11.1 Å². The van der Waals surface area contributed by atoms with E-state index < -0.39 is 11.1 Å². The molecule has 1 aromatic heterocycles. The Morgan fingerprint density at radius 2 is 1.92 bits per heavy atom. The summed E-state index contributed by atoms with van der Waals surface area (Å²) in [5, 5.41) is 2.72. The second kappa shape index (κ2) is 8.14. The van der Waals surface area contributed by atoms with Crippen LogP contribution < -0.4 is 21.2 Å². The number of carbonyl (C=O) groups excluding carboxylic acids is 1. The summed E-state index contributed by atoms with van der Waals surface area (Å²) < 4.78 is 7.53. The van der Waals surface area contributed by atoms with Crippen LogP contribution >= 0.6 is 0 Å². The first-order valence-corrected chi connectivity index (χ1v) is 7.80. The molecule has 0 aliphatic rings. The Bertz CT molecular complexity index is 823. The van der Waals surface area contributed by atoms with Crippen molar-refractivity contribution < 1.29 is 9.53 Å². The molecule has 0 radical (unpaired) electrons. The summed E-state index contributed by atoms with van der Waals surface area (Å²) in [5.74, 6) is 0.189. The molecule has 1 N–H and O–H groups in total. The Morgan fingerprint density at radius 3 is 2.62 bits per heavy atom. The molecule has 2 aromatic rings. The molecular weight excluding hydrogens is 310 g/mol. The Hall–Kier alpha value is -2.83. The van der Waals surface area contributed by atoms with Gasteiger partial charge in [0.1, 0.15) is 12.3 Å². The van der Waals surface area contributed by atoms with Crippen molar-refractivity contribution in [2.24, 2.45) is 0 Å². The van der Waals surface area contributed by atoms with Gasteiger partial charge in [-0.1, -0.05) is 25.5 Å². The molecule has 0 saturated heterocycles. The first-order chi connectivity index (χ1) is 11.6. The van der Waals surface area contributed by atoms with E-state index in [0.29, 0.717) is 18.0 Å². The lowest BCUT2D eigenvalue weighted by Crippen LogP contribution is -2.42. The van der Waals surface area contributed by atoms with Crippen molar-refractivity contribution in [3.8, 4) is 11.4 Å². The molecule has 1 aromatic carbocycles. The smallest absolute Gasteiger partial charge is 0.321 e. The van der Waals surface area contributed by atoms with Crippen LogP contribution in [0.1, 0.15) is 19.8 Å². The van der Waals surface area contributed by atoms with Gasteiger partial charge in [-0.3, -0.25) is 23.5 Å². The first kappa shape index (κ1) is 17.5. The average Bonchev–Trinajstić information content (AvgIpc) is 2.59. The molecule has 0 unspecified atom stereocenters. The number of hydrogen-bond acceptors (Lipinski definition) is 4. The van der Waals surface area contributed by atoms with Crippen molar-refractivity contribution in [3.63, 3.8) is 0 Å². The number of amides is 1. The second-order valence-electron chi connectivity index (χ2n) is 5.28. The van der Waals surface area contributed by atoms with Crippen LogP contribution in [0.15, 0.2) is 46.2 Å². The van der Waals surface area contributed by atoms with Gasteiger partial charge in [-0.25, -0.2) is 0 Å². The topological polar surface area (TPSA) is 82.3 Å². The number of carbonyl (C=O) groups is 1. The van der Waals surface area contributed by atoms with E-state index in [1.807, 2.05) is 6.92 Å². The van der Waals surface area contributed by atoms with Gasteiger partial charge in [0.2, 0.25) is 5.91 Å². The van der Waals surface area contributed by atoms with Crippen molar-refractivity contribution in [1.82, 2.24) is 14.5 Å². The minimum atomic E-state index is -0.756. The van der Waals surface area contributed by atoms with Crippen LogP contribution in [0.4, 0.5) is 0 Å². The highest BCUT2D eigenvalue weighted by Crippen LogP contribution is 2.19. The van der Waals surface area contributed by atoms with Crippen LogP contribution in [0.25, 0.3) is 5.69 Å². The summed E-state index contributed by atoms with van der Waals surface area (Å²) >= 11 is 0. The standard InChI is InChI=1S/C17H21N3O4/c1-3-4-9-18-15(21)12-19-10-11-20(17(23)16(19)22)13-7-5-6-8-14(13)24-2/h5-8,10-11H,3-4,9,12H2,1-2H3,(H,18,21). The zero-order chi connectivity index (χ0) is 17.5. The molecule has 0 aliphatic carbocycles. The van der Waals surface area contributed by atoms with E-state index in [4.69, 9.17) is 4.74 Å². The zero-order valence-corrected chi connectivity index (χ0v) is 13.8.